The van der Waals surface area contributed by atoms with Crippen LogP contribution in [0, 0.1) is 0 Å². The number of carbonyl (C=O) groups is 1. The van der Waals surface area contributed by atoms with Crippen LogP contribution < -0.4 is 0 Å². The summed E-state index contributed by atoms with van der Waals surface area (Å²) in [5.41, 5.74) is 1.84. The Hall–Kier alpha value is -0.350. The molecule has 1 rings (SSSR count). The zero-order valence-electron chi connectivity index (χ0n) is 10.2. The number of aliphatic carboxylic acids is 1. The van der Waals surface area contributed by atoms with Gasteiger partial charge in [0, 0.05) is 0 Å². The molecule has 2 N–H and O–H groups in total. The van der Waals surface area contributed by atoms with E-state index in [9.17, 15) is 4.79 Å². The van der Waals surface area contributed by atoms with Gasteiger partial charge in [0.1, 0.15) is 5.92 Å². The van der Waals surface area contributed by atoms with Gasteiger partial charge >= 0.3 is 35.5 Å². The molecule has 0 aliphatic carbocycles. The first-order chi connectivity index (χ1) is 8.19. The van der Waals surface area contributed by atoms with Crippen molar-refractivity contribution in [1.29, 1.82) is 0 Å². The van der Waals surface area contributed by atoms with Crippen molar-refractivity contribution in [3.05, 3.63) is 35.4 Å². The maximum absolute atomic E-state index is 10.9. The molecule has 0 aliphatic heterocycles. The van der Waals surface area contributed by atoms with Crippen molar-refractivity contribution >= 4 is 35.5 Å². The predicted molar refractivity (Wildman–Crippen MR) is 74.3 cm³/mol. The minimum absolute atomic E-state index is 0. The fraction of sp³-hybridized carbons (Fsp3) is 0.500. The van der Waals surface area contributed by atoms with Crippen LogP contribution in [0.3, 0.4) is 0 Å². The average Bonchev–Trinajstić information content (AvgIpc) is 2.30. The molecule has 0 fully saturated rings. The molecule has 0 aromatic heterocycles. The second-order valence-electron chi connectivity index (χ2n) is 4.28. The summed E-state index contributed by atoms with van der Waals surface area (Å²) in [6, 6.07) is 7.53. The third kappa shape index (κ3) is 5.53. The third-order valence-corrected chi connectivity index (χ3v) is 2.90. The van der Waals surface area contributed by atoms with E-state index in [0.29, 0.717) is 5.56 Å². The van der Waals surface area contributed by atoms with E-state index < -0.39 is 11.9 Å². The van der Waals surface area contributed by atoms with Crippen LogP contribution in [0.5, 0.6) is 0 Å². The van der Waals surface area contributed by atoms with Crippen LogP contribution in [0.15, 0.2) is 24.3 Å². The Kier molecular flexibility index (Phi) is 9.38. The molecule has 96 valence electrons. The van der Waals surface area contributed by atoms with Crippen LogP contribution >= 0.6 is 0 Å². The zero-order chi connectivity index (χ0) is 12.7. The van der Waals surface area contributed by atoms with E-state index in [4.69, 9.17) is 10.2 Å². The standard InChI is InChI=1S/C14H20O3.Na.H/c1-2-3-4-6-11-7-5-8-12(9-11)13(10-15)14(16)17;;/h5,7-9,13,15H,2-4,6,10H2,1H3,(H,16,17);;. The molecule has 1 atom stereocenters. The van der Waals surface area contributed by atoms with Gasteiger partial charge in [0.2, 0.25) is 0 Å². The number of unbranched alkanes of at least 4 members (excludes halogenated alkanes) is 2. The summed E-state index contributed by atoms with van der Waals surface area (Å²) < 4.78 is 0. The number of carboxylic acid groups (broad SMARTS) is 1. The van der Waals surface area contributed by atoms with E-state index in [1.165, 1.54) is 12.8 Å². The second-order valence-corrected chi connectivity index (χ2v) is 4.28. The summed E-state index contributed by atoms with van der Waals surface area (Å²) in [5.74, 6) is -1.78. The van der Waals surface area contributed by atoms with E-state index >= 15 is 0 Å². The van der Waals surface area contributed by atoms with E-state index in [2.05, 4.69) is 6.92 Å². The molecular formula is C14H21NaO3. The number of carboxylic acids is 1. The first-order valence-corrected chi connectivity index (χ1v) is 6.11. The van der Waals surface area contributed by atoms with E-state index in [0.717, 1.165) is 18.4 Å². The molecular weight excluding hydrogens is 239 g/mol. The third-order valence-electron chi connectivity index (χ3n) is 2.90. The zero-order valence-corrected chi connectivity index (χ0v) is 10.2. The monoisotopic (exact) mass is 260 g/mol. The van der Waals surface area contributed by atoms with Crippen LogP contribution in [0.1, 0.15) is 43.2 Å². The van der Waals surface area contributed by atoms with Crippen molar-refractivity contribution < 1.29 is 15.0 Å². The molecule has 3 nitrogen and oxygen atoms in total. The van der Waals surface area contributed by atoms with Gasteiger partial charge in [-0.15, -0.1) is 0 Å². The fourth-order valence-electron chi connectivity index (χ4n) is 1.87. The molecule has 0 amide bonds. The van der Waals surface area contributed by atoms with Gasteiger partial charge in [-0.1, -0.05) is 44.0 Å². The van der Waals surface area contributed by atoms with Crippen LogP contribution in [0.2, 0.25) is 0 Å². The summed E-state index contributed by atoms with van der Waals surface area (Å²) in [6.07, 6.45) is 4.46. The first kappa shape index (κ1) is 17.6. The fourth-order valence-corrected chi connectivity index (χ4v) is 1.87. The molecule has 0 saturated carbocycles. The van der Waals surface area contributed by atoms with Gasteiger partial charge in [-0.25, -0.2) is 0 Å². The molecule has 0 saturated heterocycles. The SMILES string of the molecule is CCCCCc1cccc(C(CO)C(=O)O)c1.[NaH]. The van der Waals surface area contributed by atoms with Gasteiger partial charge in [-0.3, -0.25) is 4.79 Å². The number of hydrogen-bond donors (Lipinski definition) is 2. The molecule has 4 heteroatoms. The quantitative estimate of drug-likeness (QED) is 0.582. The van der Waals surface area contributed by atoms with Gasteiger partial charge in [-0.05, 0) is 24.0 Å². The number of aryl methyl sites for hydroxylation is 1. The second kappa shape index (κ2) is 9.56. The van der Waals surface area contributed by atoms with Crippen LogP contribution in [0.4, 0.5) is 0 Å². The Labute approximate surface area is 131 Å². The summed E-state index contributed by atoms with van der Waals surface area (Å²) in [6.45, 7) is 1.80. The van der Waals surface area contributed by atoms with E-state index in [1.54, 1.807) is 6.07 Å². The molecule has 1 aromatic carbocycles. The van der Waals surface area contributed by atoms with Crippen molar-refractivity contribution in [2.24, 2.45) is 0 Å². The molecule has 0 bridgehead atoms. The van der Waals surface area contributed by atoms with Crippen LogP contribution in [-0.2, 0) is 11.2 Å². The van der Waals surface area contributed by atoms with Gasteiger partial charge in [0.15, 0.2) is 0 Å². The van der Waals surface area contributed by atoms with E-state index in [-0.39, 0.29) is 36.2 Å². The first-order valence-electron chi connectivity index (χ1n) is 6.11. The van der Waals surface area contributed by atoms with E-state index in [1.807, 2.05) is 18.2 Å². The number of aliphatic hydroxyl groups is 1. The number of rotatable bonds is 7. The molecule has 0 aliphatic rings. The Morgan fingerprint density at radius 1 is 1.33 bits per heavy atom. The van der Waals surface area contributed by atoms with Crippen LogP contribution in [-0.4, -0.2) is 52.3 Å². The molecule has 1 aromatic rings. The number of aliphatic hydroxyl groups excluding tert-OH is 1. The van der Waals surface area contributed by atoms with Gasteiger partial charge < -0.3 is 10.2 Å². The van der Waals surface area contributed by atoms with Crippen molar-refractivity contribution in [3.8, 4) is 0 Å². The maximum atomic E-state index is 10.9. The van der Waals surface area contributed by atoms with Gasteiger partial charge in [-0.2, -0.15) is 0 Å². The summed E-state index contributed by atoms with van der Waals surface area (Å²) in [4.78, 5) is 10.9. The van der Waals surface area contributed by atoms with Gasteiger partial charge in [0.05, 0.1) is 6.61 Å². The summed E-state index contributed by atoms with van der Waals surface area (Å²) in [5, 5.41) is 18.0. The minimum atomic E-state index is -0.974. The normalized spacial score (nSPS) is 11.7. The summed E-state index contributed by atoms with van der Waals surface area (Å²) >= 11 is 0. The molecule has 0 spiro atoms. The predicted octanol–water partition coefficient (Wildman–Crippen LogP) is 1.93. The Morgan fingerprint density at radius 2 is 2.06 bits per heavy atom. The van der Waals surface area contributed by atoms with Crippen molar-refractivity contribution in [3.63, 3.8) is 0 Å². The summed E-state index contributed by atoms with van der Waals surface area (Å²) in [7, 11) is 0. The van der Waals surface area contributed by atoms with Crippen molar-refractivity contribution in [2.75, 3.05) is 6.61 Å². The number of hydrogen-bond acceptors (Lipinski definition) is 2. The van der Waals surface area contributed by atoms with Crippen LogP contribution in [0.25, 0.3) is 0 Å². The molecule has 1 unspecified atom stereocenters. The molecule has 0 heterocycles. The van der Waals surface area contributed by atoms with Crippen molar-refractivity contribution in [2.45, 2.75) is 38.5 Å². The topological polar surface area (TPSA) is 57.5 Å². The Balaban J connectivity index is 0.00000289. The van der Waals surface area contributed by atoms with Gasteiger partial charge in [0.25, 0.3) is 0 Å². The average molecular weight is 260 g/mol. The molecule has 18 heavy (non-hydrogen) atoms. The molecule has 0 radical (unpaired) electrons. The Bertz CT molecular complexity index is 366. The Morgan fingerprint density at radius 3 is 2.61 bits per heavy atom. The van der Waals surface area contributed by atoms with Crippen molar-refractivity contribution in [1.82, 2.24) is 0 Å². The number of benzene rings is 1.